The molecule has 9 nitrogen and oxygen atoms in total. The number of amides is 3. The summed E-state index contributed by atoms with van der Waals surface area (Å²) < 4.78 is 7.54. The maximum Gasteiger partial charge on any atom is 0.318 e. The van der Waals surface area contributed by atoms with E-state index < -0.39 is 17.2 Å². The number of primary amides is 1. The van der Waals surface area contributed by atoms with Crippen molar-refractivity contribution in [3.63, 3.8) is 0 Å². The fraction of sp³-hybridized carbons (Fsp3) is 0.600. The number of aromatic nitrogens is 3. The minimum absolute atomic E-state index is 0.0402. The molecule has 0 aromatic carbocycles. The molecule has 3 rings (SSSR count). The van der Waals surface area contributed by atoms with Crippen LogP contribution in [0.15, 0.2) is 28.0 Å². The van der Waals surface area contributed by atoms with Crippen molar-refractivity contribution >= 4 is 29.6 Å². The Hall–Kier alpha value is -2.49. The molecule has 2 aromatic rings. The number of rotatable bonds is 7. The average molecular weight is 435 g/mol. The van der Waals surface area contributed by atoms with E-state index in [4.69, 9.17) is 10.2 Å². The molecule has 1 fully saturated rings. The van der Waals surface area contributed by atoms with E-state index in [2.05, 4.69) is 34.3 Å². The summed E-state index contributed by atoms with van der Waals surface area (Å²) in [5.74, 6) is 2.19. The molecule has 0 aliphatic carbocycles. The SMILES string of the molecule is CC(C)[C@H](Sc1nnc(N2C[C@H](C)C[C@@H](C)C2)n1Cc1ccco1)C(=O)NC(N)=O. The summed E-state index contributed by atoms with van der Waals surface area (Å²) in [6, 6.07) is 2.88. The van der Waals surface area contributed by atoms with Gasteiger partial charge >= 0.3 is 6.03 Å². The lowest BCUT2D eigenvalue weighted by Gasteiger charge is -2.35. The number of urea groups is 1. The van der Waals surface area contributed by atoms with Crippen LogP contribution in [0.2, 0.25) is 0 Å². The molecule has 2 aromatic heterocycles. The number of nitrogens with zero attached hydrogens (tertiary/aromatic N) is 4. The monoisotopic (exact) mass is 434 g/mol. The van der Waals surface area contributed by atoms with Gasteiger partial charge in [0, 0.05) is 13.1 Å². The second-order valence-corrected chi connectivity index (χ2v) is 9.54. The van der Waals surface area contributed by atoms with E-state index in [-0.39, 0.29) is 5.92 Å². The first-order valence-electron chi connectivity index (χ1n) is 10.2. The minimum Gasteiger partial charge on any atom is -0.467 e. The van der Waals surface area contributed by atoms with Gasteiger partial charge in [0.05, 0.1) is 18.1 Å². The van der Waals surface area contributed by atoms with Gasteiger partial charge in [-0.15, -0.1) is 10.2 Å². The number of anilines is 1. The Balaban J connectivity index is 1.92. The van der Waals surface area contributed by atoms with E-state index in [1.54, 1.807) is 6.26 Å². The normalized spacial score (nSPS) is 20.4. The third kappa shape index (κ3) is 5.35. The van der Waals surface area contributed by atoms with Crippen molar-refractivity contribution < 1.29 is 14.0 Å². The zero-order chi connectivity index (χ0) is 21.8. The van der Waals surface area contributed by atoms with Gasteiger partial charge in [-0.25, -0.2) is 4.79 Å². The third-order valence-electron chi connectivity index (χ3n) is 5.09. The van der Waals surface area contributed by atoms with Crippen LogP contribution in [-0.2, 0) is 11.3 Å². The molecule has 3 heterocycles. The molecule has 1 aliphatic heterocycles. The Labute approximate surface area is 180 Å². The van der Waals surface area contributed by atoms with Crippen LogP contribution in [0.4, 0.5) is 10.7 Å². The van der Waals surface area contributed by atoms with E-state index in [1.165, 1.54) is 18.2 Å². The molecule has 0 spiro atoms. The number of hydrogen-bond acceptors (Lipinski definition) is 7. The van der Waals surface area contributed by atoms with Gasteiger partial charge in [0.2, 0.25) is 11.9 Å². The third-order valence-corrected chi connectivity index (χ3v) is 6.61. The van der Waals surface area contributed by atoms with Crippen LogP contribution in [0.25, 0.3) is 0 Å². The Morgan fingerprint density at radius 1 is 1.30 bits per heavy atom. The van der Waals surface area contributed by atoms with Crippen LogP contribution in [0.1, 0.15) is 39.9 Å². The number of piperidine rings is 1. The summed E-state index contributed by atoms with van der Waals surface area (Å²) in [5.41, 5.74) is 5.14. The van der Waals surface area contributed by atoms with Gasteiger partial charge in [0.15, 0.2) is 5.16 Å². The molecular formula is C20H30N6O3S. The molecule has 0 saturated carbocycles. The average Bonchev–Trinajstić information content (AvgIpc) is 3.28. The zero-order valence-electron chi connectivity index (χ0n) is 17.9. The fourth-order valence-electron chi connectivity index (χ4n) is 3.92. The number of carbonyl (C=O) groups excluding carboxylic acids is 2. The van der Waals surface area contributed by atoms with Gasteiger partial charge in [-0.1, -0.05) is 39.5 Å². The fourth-order valence-corrected chi connectivity index (χ4v) is 4.95. The van der Waals surface area contributed by atoms with E-state index >= 15 is 0 Å². The van der Waals surface area contributed by atoms with Gasteiger partial charge in [-0.2, -0.15) is 0 Å². The summed E-state index contributed by atoms with van der Waals surface area (Å²) in [6.45, 7) is 10.6. The van der Waals surface area contributed by atoms with Crippen LogP contribution < -0.4 is 16.0 Å². The number of nitrogens with one attached hydrogen (secondary N) is 1. The number of hydrogen-bond donors (Lipinski definition) is 2. The quantitative estimate of drug-likeness (QED) is 0.643. The molecule has 0 radical (unpaired) electrons. The van der Waals surface area contributed by atoms with Crippen LogP contribution in [0.5, 0.6) is 0 Å². The largest absolute Gasteiger partial charge is 0.467 e. The van der Waals surface area contributed by atoms with E-state index in [0.29, 0.717) is 23.5 Å². The molecule has 3 atom stereocenters. The Morgan fingerprint density at radius 3 is 2.57 bits per heavy atom. The van der Waals surface area contributed by atoms with Crippen molar-refractivity contribution in [2.75, 3.05) is 18.0 Å². The van der Waals surface area contributed by atoms with Crippen molar-refractivity contribution in [3.8, 4) is 0 Å². The van der Waals surface area contributed by atoms with Gasteiger partial charge in [0.25, 0.3) is 0 Å². The molecular weight excluding hydrogens is 404 g/mol. The molecule has 3 N–H and O–H groups in total. The second kappa shape index (κ2) is 9.55. The summed E-state index contributed by atoms with van der Waals surface area (Å²) >= 11 is 1.28. The highest BCUT2D eigenvalue weighted by atomic mass is 32.2. The molecule has 30 heavy (non-hydrogen) atoms. The van der Waals surface area contributed by atoms with Crippen LogP contribution in [0, 0.1) is 17.8 Å². The number of imide groups is 1. The highest BCUT2D eigenvalue weighted by molar-refractivity contribution is 8.00. The maximum atomic E-state index is 12.5. The lowest BCUT2D eigenvalue weighted by atomic mass is 9.92. The summed E-state index contributed by atoms with van der Waals surface area (Å²) in [4.78, 5) is 25.9. The van der Waals surface area contributed by atoms with Crippen molar-refractivity contribution in [1.29, 1.82) is 0 Å². The first-order valence-corrected chi connectivity index (χ1v) is 11.1. The van der Waals surface area contributed by atoms with Gasteiger partial charge in [-0.05, 0) is 36.3 Å². The summed E-state index contributed by atoms with van der Waals surface area (Å²) in [5, 5.41) is 11.1. The molecule has 3 amide bonds. The topological polar surface area (TPSA) is 119 Å². The van der Waals surface area contributed by atoms with Crippen molar-refractivity contribution in [1.82, 2.24) is 20.1 Å². The van der Waals surface area contributed by atoms with E-state index in [0.717, 1.165) is 24.8 Å². The molecule has 164 valence electrons. The van der Waals surface area contributed by atoms with Gasteiger partial charge in [-0.3, -0.25) is 14.7 Å². The second-order valence-electron chi connectivity index (χ2n) is 8.44. The van der Waals surface area contributed by atoms with Gasteiger partial charge in [0.1, 0.15) is 5.76 Å². The number of carbonyl (C=O) groups is 2. The molecule has 1 saturated heterocycles. The smallest absolute Gasteiger partial charge is 0.318 e. The van der Waals surface area contributed by atoms with Crippen LogP contribution in [0.3, 0.4) is 0 Å². The standard InChI is InChI=1S/C20H30N6O3S/c1-12(2)16(17(27)22-18(21)28)30-20-24-23-19(25-9-13(3)8-14(4)10-25)26(20)11-15-6-5-7-29-15/h5-7,12-14,16H,8-11H2,1-4H3,(H3,21,22,27,28)/t13-,14-,16+/m1/s1. The maximum absolute atomic E-state index is 12.5. The molecule has 1 aliphatic rings. The zero-order valence-corrected chi connectivity index (χ0v) is 18.7. The first kappa shape index (κ1) is 22.2. The van der Waals surface area contributed by atoms with Crippen molar-refractivity contribution in [2.24, 2.45) is 23.5 Å². The number of furan rings is 1. The summed E-state index contributed by atoms with van der Waals surface area (Å²) in [6.07, 6.45) is 2.82. The molecule has 0 bridgehead atoms. The van der Waals surface area contributed by atoms with Crippen molar-refractivity contribution in [2.45, 2.75) is 51.1 Å². The van der Waals surface area contributed by atoms with Gasteiger partial charge < -0.3 is 15.1 Å². The Morgan fingerprint density at radius 2 is 2.00 bits per heavy atom. The lowest BCUT2D eigenvalue weighted by Crippen LogP contribution is -2.42. The van der Waals surface area contributed by atoms with Crippen LogP contribution in [-0.4, -0.2) is 45.0 Å². The molecule has 10 heteroatoms. The molecule has 0 unspecified atom stereocenters. The predicted molar refractivity (Wildman–Crippen MR) is 115 cm³/mol. The minimum atomic E-state index is -0.861. The van der Waals surface area contributed by atoms with E-state index in [9.17, 15) is 9.59 Å². The first-order chi connectivity index (χ1) is 14.2. The highest BCUT2D eigenvalue weighted by Gasteiger charge is 2.31. The van der Waals surface area contributed by atoms with Crippen LogP contribution >= 0.6 is 11.8 Å². The van der Waals surface area contributed by atoms with E-state index in [1.807, 2.05) is 30.5 Å². The van der Waals surface area contributed by atoms with Crippen molar-refractivity contribution in [3.05, 3.63) is 24.2 Å². The predicted octanol–water partition coefficient (Wildman–Crippen LogP) is 2.71. The Kier molecular flexibility index (Phi) is 7.06. The summed E-state index contributed by atoms with van der Waals surface area (Å²) in [7, 11) is 0. The lowest BCUT2D eigenvalue weighted by molar-refractivity contribution is -0.120. The Bertz CT molecular complexity index is 856. The highest BCUT2D eigenvalue weighted by Crippen LogP contribution is 2.32. The number of thioether (sulfide) groups is 1. The number of nitrogens with two attached hydrogens (primary N) is 1.